The van der Waals surface area contributed by atoms with Crippen LogP contribution in [0.3, 0.4) is 0 Å². The normalized spacial score (nSPS) is 13.7. The first-order chi connectivity index (χ1) is 12.5. The second kappa shape index (κ2) is 8.11. The molecule has 1 heterocycles. The van der Waals surface area contributed by atoms with Gasteiger partial charge in [-0.2, -0.15) is 0 Å². The van der Waals surface area contributed by atoms with Gasteiger partial charge in [-0.1, -0.05) is 35.3 Å². The zero-order valence-electron chi connectivity index (χ0n) is 14.5. The van der Waals surface area contributed by atoms with Crippen LogP contribution < -0.4 is 5.32 Å². The van der Waals surface area contributed by atoms with Gasteiger partial charge in [-0.3, -0.25) is 9.59 Å². The summed E-state index contributed by atoms with van der Waals surface area (Å²) in [4.78, 5) is 27.0. The number of anilines is 1. The number of benzene rings is 2. The van der Waals surface area contributed by atoms with E-state index in [1.165, 1.54) is 0 Å². The lowest BCUT2D eigenvalue weighted by molar-refractivity contribution is -0.115. The Morgan fingerprint density at radius 1 is 1.04 bits per heavy atom. The minimum absolute atomic E-state index is 0.0187. The van der Waals surface area contributed by atoms with Gasteiger partial charge in [-0.15, -0.1) is 0 Å². The highest BCUT2D eigenvalue weighted by molar-refractivity contribution is 6.36. The number of halogens is 2. The highest BCUT2D eigenvalue weighted by atomic mass is 35.5. The molecule has 3 rings (SSSR count). The number of likely N-dealkylation sites (tertiary alicyclic amines) is 1. The summed E-state index contributed by atoms with van der Waals surface area (Å²) >= 11 is 12.3. The standard InChI is InChI=1S/C20H20Cl2N2O2/c1-13-14(20(26)24-10-2-3-11-24)6-4-9-18(13)23-19(25)12-15-16(21)7-5-8-17(15)22/h4-9H,2-3,10-12H2,1H3,(H,23,25). The fourth-order valence-electron chi connectivity index (χ4n) is 3.15. The van der Waals surface area contributed by atoms with Crippen molar-refractivity contribution in [3.63, 3.8) is 0 Å². The maximum atomic E-state index is 12.7. The lowest BCUT2D eigenvalue weighted by atomic mass is 10.0. The fraction of sp³-hybridized carbons (Fsp3) is 0.300. The molecule has 4 nitrogen and oxygen atoms in total. The third kappa shape index (κ3) is 4.02. The second-order valence-electron chi connectivity index (χ2n) is 6.40. The van der Waals surface area contributed by atoms with Gasteiger partial charge in [-0.05, 0) is 55.2 Å². The van der Waals surface area contributed by atoms with Crippen LogP contribution in [-0.2, 0) is 11.2 Å². The Hall–Kier alpha value is -2.04. The first kappa shape index (κ1) is 18.7. The van der Waals surface area contributed by atoms with E-state index in [2.05, 4.69) is 5.32 Å². The summed E-state index contributed by atoms with van der Waals surface area (Å²) in [6, 6.07) is 10.5. The Labute approximate surface area is 163 Å². The summed E-state index contributed by atoms with van der Waals surface area (Å²) in [5.41, 5.74) is 2.61. The molecule has 1 N–H and O–H groups in total. The van der Waals surface area contributed by atoms with Gasteiger partial charge in [0.25, 0.3) is 5.91 Å². The summed E-state index contributed by atoms with van der Waals surface area (Å²) in [6.07, 6.45) is 2.15. The molecule has 0 aliphatic carbocycles. The monoisotopic (exact) mass is 390 g/mol. The van der Waals surface area contributed by atoms with E-state index in [1.54, 1.807) is 36.4 Å². The number of amides is 2. The Morgan fingerprint density at radius 3 is 2.31 bits per heavy atom. The quantitative estimate of drug-likeness (QED) is 0.820. The van der Waals surface area contributed by atoms with E-state index in [0.29, 0.717) is 26.9 Å². The van der Waals surface area contributed by atoms with Crippen molar-refractivity contribution in [3.05, 3.63) is 63.1 Å². The van der Waals surface area contributed by atoms with Gasteiger partial charge in [0.15, 0.2) is 0 Å². The van der Waals surface area contributed by atoms with Crippen LogP contribution in [0, 0.1) is 6.92 Å². The largest absolute Gasteiger partial charge is 0.339 e. The Balaban J connectivity index is 1.76. The summed E-state index contributed by atoms with van der Waals surface area (Å²) in [5.74, 6) is -0.209. The number of rotatable bonds is 4. The molecular weight excluding hydrogens is 371 g/mol. The van der Waals surface area contributed by atoms with E-state index in [4.69, 9.17) is 23.2 Å². The third-order valence-electron chi connectivity index (χ3n) is 4.63. The summed E-state index contributed by atoms with van der Waals surface area (Å²) in [5, 5.41) is 3.79. The minimum Gasteiger partial charge on any atom is -0.339 e. The second-order valence-corrected chi connectivity index (χ2v) is 7.22. The smallest absolute Gasteiger partial charge is 0.254 e. The maximum Gasteiger partial charge on any atom is 0.254 e. The number of nitrogens with zero attached hydrogens (tertiary/aromatic N) is 1. The number of carbonyl (C=O) groups excluding carboxylic acids is 2. The highest BCUT2D eigenvalue weighted by Crippen LogP contribution is 2.26. The fourth-order valence-corrected chi connectivity index (χ4v) is 3.68. The van der Waals surface area contributed by atoms with Crippen molar-refractivity contribution in [1.29, 1.82) is 0 Å². The van der Waals surface area contributed by atoms with Crippen LogP contribution in [0.4, 0.5) is 5.69 Å². The van der Waals surface area contributed by atoms with Gasteiger partial charge in [0.1, 0.15) is 0 Å². The van der Waals surface area contributed by atoms with Crippen LogP contribution in [0.25, 0.3) is 0 Å². The molecule has 1 aliphatic rings. The van der Waals surface area contributed by atoms with E-state index in [-0.39, 0.29) is 18.2 Å². The average molecular weight is 391 g/mol. The topological polar surface area (TPSA) is 49.4 Å². The summed E-state index contributed by atoms with van der Waals surface area (Å²) in [7, 11) is 0. The Bertz CT molecular complexity index is 825. The molecule has 0 spiro atoms. The molecular formula is C20H20Cl2N2O2. The Kier molecular flexibility index (Phi) is 5.84. The predicted molar refractivity (Wildman–Crippen MR) is 105 cm³/mol. The molecule has 0 unspecified atom stereocenters. The number of nitrogens with one attached hydrogen (secondary N) is 1. The first-order valence-corrected chi connectivity index (χ1v) is 9.34. The van der Waals surface area contributed by atoms with E-state index in [1.807, 2.05) is 11.8 Å². The molecule has 0 saturated carbocycles. The van der Waals surface area contributed by atoms with Crippen molar-refractivity contribution >= 4 is 40.7 Å². The molecule has 0 radical (unpaired) electrons. The SMILES string of the molecule is Cc1c(NC(=O)Cc2c(Cl)cccc2Cl)cccc1C(=O)N1CCCC1. The lowest BCUT2D eigenvalue weighted by Gasteiger charge is -2.18. The number of carbonyl (C=O) groups is 2. The third-order valence-corrected chi connectivity index (χ3v) is 5.34. The molecule has 2 aromatic carbocycles. The van der Waals surface area contributed by atoms with Crippen LogP contribution in [0.2, 0.25) is 10.0 Å². The van der Waals surface area contributed by atoms with E-state index < -0.39 is 0 Å². The average Bonchev–Trinajstić information content (AvgIpc) is 3.14. The van der Waals surface area contributed by atoms with Crippen LogP contribution in [0.5, 0.6) is 0 Å². The Morgan fingerprint density at radius 2 is 1.65 bits per heavy atom. The zero-order chi connectivity index (χ0) is 18.7. The first-order valence-electron chi connectivity index (χ1n) is 8.59. The minimum atomic E-state index is -0.228. The number of hydrogen-bond acceptors (Lipinski definition) is 2. The van der Waals surface area contributed by atoms with Gasteiger partial charge in [0.2, 0.25) is 5.91 Å². The lowest BCUT2D eigenvalue weighted by Crippen LogP contribution is -2.28. The maximum absolute atomic E-state index is 12.7. The molecule has 136 valence electrons. The van der Waals surface area contributed by atoms with Crippen molar-refractivity contribution in [2.24, 2.45) is 0 Å². The van der Waals surface area contributed by atoms with Gasteiger partial charge < -0.3 is 10.2 Å². The molecule has 26 heavy (non-hydrogen) atoms. The van der Waals surface area contributed by atoms with Crippen molar-refractivity contribution in [1.82, 2.24) is 4.90 Å². The summed E-state index contributed by atoms with van der Waals surface area (Å²) in [6.45, 7) is 3.43. The van der Waals surface area contributed by atoms with Crippen LogP contribution >= 0.6 is 23.2 Å². The zero-order valence-corrected chi connectivity index (χ0v) is 16.0. The van der Waals surface area contributed by atoms with Crippen LogP contribution in [0.1, 0.15) is 34.3 Å². The van der Waals surface area contributed by atoms with Crippen molar-refractivity contribution in [3.8, 4) is 0 Å². The van der Waals surface area contributed by atoms with E-state index in [9.17, 15) is 9.59 Å². The summed E-state index contributed by atoms with van der Waals surface area (Å²) < 4.78 is 0. The van der Waals surface area contributed by atoms with Crippen LogP contribution in [0.15, 0.2) is 36.4 Å². The highest BCUT2D eigenvalue weighted by Gasteiger charge is 2.22. The molecule has 1 fully saturated rings. The predicted octanol–water partition coefficient (Wildman–Crippen LogP) is 4.72. The van der Waals surface area contributed by atoms with E-state index >= 15 is 0 Å². The number of hydrogen-bond donors (Lipinski definition) is 1. The molecule has 6 heteroatoms. The molecule has 0 atom stereocenters. The van der Waals surface area contributed by atoms with Gasteiger partial charge in [-0.25, -0.2) is 0 Å². The van der Waals surface area contributed by atoms with Gasteiger partial charge >= 0.3 is 0 Å². The molecule has 1 saturated heterocycles. The van der Waals surface area contributed by atoms with Crippen LogP contribution in [-0.4, -0.2) is 29.8 Å². The van der Waals surface area contributed by atoms with Gasteiger partial charge in [0, 0.05) is 34.4 Å². The molecule has 2 amide bonds. The van der Waals surface area contributed by atoms with E-state index in [0.717, 1.165) is 31.5 Å². The molecule has 0 aromatic heterocycles. The van der Waals surface area contributed by atoms with Crippen molar-refractivity contribution in [2.45, 2.75) is 26.2 Å². The van der Waals surface area contributed by atoms with Gasteiger partial charge in [0.05, 0.1) is 6.42 Å². The molecule has 2 aromatic rings. The van der Waals surface area contributed by atoms with Crippen molar-refractivity contribution in [2.75, 3.05) is 18.4 Å². The molecule has 0 bridgehead atoms. The molecule has 1 aliphatic heterocycles. The van der Waals surface area contributed by atoms with Crippen molar-refractivity contribution < 1.29 is 9.59 Å².